The van der Waals surface area contributed by atoms with Crippen molar-refractivity contribution >= 4 is 11.6 Å². The average Bonchev–Trinajstić information content (AvgIpc) is 2.68. The number of benzene rings is 3. The largest absolute Gasteiger partial charge is 0.489 e. The first-order valence-corrected chi connectivity index (χ1v) is 8.05. The summed E-state index contributed by atoms with van der Waals surface area (Å²) in [5.41, 5.74) is 1.42. The number of carbonyl (C=O) groups is 1. The quantitative estimate of drug-likeness (QED) is 0.658. The maximum absolute atomic E-state index is 13.5. The van der Waals surface area contributed by atoms with Crippen LogP contribution in [-0.4, -0.2) is 13.0 Å². The Hall–Kier alpha value is -3.21. The van der Waals surface area contributed by atoms with Crippen LogP contribution in [0.15, 0.2) is 72.8 Å². The van der Waals surface area contributed by atoms with E-state index in [2.05, 4.69) is 0 Å². The highest BCUT2D eigenvalue weighted by molar-refractivity contribution is 6.06. The number of anilines is 1. The number of rotatable bonds is 5. The van der Waals surface area contributed by atoms with Crippen LogP contribution in [-0.2, 0) is 6.61 Å². The van der Waals surface area contributed by atoms with Crippen molar-refractivity contribution in [1.82, 2.24) is 0 Å². The maximum atomic E-state index is 13.5. The first kappa shape index (κ1) is 17.6. The molecule has 0 heterocycles. The van der Waals surface area contributed by atoms with Crippen LogP contribution < -0.4 is 9.64 Å². The molecule has 0 atom stereocenters. The summed E-state index contributed by atoms with van der Waals surface area (Å²) in [7, 11) is 1.52. The summed E-state index contributed by atoms with van der Waals surface area (Å²) in [5.74, 6) is -1.58. The monoisotopic (exact) mass is 353 g/mol. The molecule has 0 fully saturated rings. The van der Waals surface area contributed by atoms with Crippen LogP contribution in [0.3, 0.4) is 0 Å². The molecule has 0 N–H and O–H groups in total. The number of ether oxygens (including phenoxy) is 1. The number of para-hydroxylation sites is 1. The third-order valence-electron chi connectivity index (χ3n) is 3.98. The van der Waals surface area contributed by atoms with Crippen molar-refractivity contribution in [3.8, 4) is 5.75 Å². The molecule has 132 valence electrons. The molecule has 3 aromatic carbocycles. The normalized spacial score (nSPS) is 10.4. The summed E-state index contributed by atoms with van der Waals surface area (Å²) in [6.45, 7) is 0.220. The van der Waals surface area contributed by atoms with Crippen molar-refractivity contribution in [2.45, 2.75) is 6.61 Å². The molecule has 0 saturated carbocycles. The van der Waals surface area contributed by atoms with Gasteiger partial charge in [-0.3, -0.25) is 4.79 Å². The molecule has 0 radical (unpaired) electrons. The van der Waals surface area contributed by atoms with E-state index < -0.39 is 11.6 Å². The van der Waals surface area contributed by atoms with E-state index in [1.165, 1.54) is 18.0 Å². The van der Waals surface area contributed by atoms with E-state index in [0.717, 1.165) is 12.1 Å². The van der Waals surface area contributed by atoms with Crippen molar-refractivity contribution < 1.29 is 18.3 Å². The minimum absolute atomic E-state index is 0.220. The molecule has 0 unspecified atom stereocenters. The maximum Gasteiger partial charge on any atom is 0.258 e. The highest BCUT2D eigenvalue weighted by Crippen LogP contribution is 2.21. The first-order chi connectivity index (χ1) is 12.6. The third-order valence-corrected chi connectivity index (χ3v) is 3.98. The third kappa shape index (κ3) is 3.88. The van der Waals surface area contributed by atoms with Gasteiger partial charge < -0.3 is 9.64 Å². The first-order valence-electron chi connectivity index (χ1n) is 8.05. The fourth-order valence-corrected chi connectivity index (χ4v) is 2.52. The predicted molar refractivity (Wildman–Crippen MR) is 96.3 cm³/mol. The lowest BCUT2D eigenvalue weighted by atomic mass is 10.1. The van der Waals surface area contributed by atoms with Gasteiger partial charge in [0.25, 0.3) is 5.91 Å². The smallest absolute Gasteiger partial charge is 0.258 e. The summed E-state index contributed by atoms with van der Waals surface area (Å²) < 4.78 is 32.3. The summed E-state index contributed by atoms with van der Waals surface area (Å²) in [4.78, 5) is 14.1. The summed E-state index contributed by atoms with van der Waals surface area (Å²) in [6, 6.07) is 19.7. The lowest BCUT2D eigenvalue weighted by Gasteiger charge is -2.19. The van der Waals surface area contributed by atoms with E-state index >= 15 is 0 Å². The Morgan fingerprint density at radius 3 is 2.35 bits per heavy atom. The van der Waals surface area contributed by atoms with E-state index in [9.17, 15) is 13.6 Å². The average molecular weight is 353 g/mol. The summed E-state index contributed by atoms with van der Waals surface area (Å²) in [6.07, 6.45) is 0. The number of carbonyl (C=O) groups excluding carboxylic acids is 1. The van der Waals surface area contributed by atoms with Crippen LogP contribution in [0.5, 0.6) is 5.75 Å². The molecule has 0 aliphatic carbocycles. The number of hydrogen-bond donors (Lipinski definition) is 0. The Morgan fingerprint density at radius 2 is 1.62 bits per heavy atom. The van der Waals surface area contributed by atoms with E-state index in [1.807, 2.05) is 36.4 Å². The number of hydrogen-bond acceptors (Lipinski definition) is 2. The van der Waals surface area contributed by atoms with Gasteiger partial charge in [0.2, 0.25) is 0 Å². The molecule has 0 aliphatic heterocycles. The summed E-state index contributed by atoms with van der Waals surface area (Å²) >= 11 is 0. The lowest BCUT2D eigenvalue weighted by molar-refractivity contribution is 0.0990. The molecule has 26 heavy (non-hydrogen) atoms. The van der Waals surface area contributed by atoms with Gasteiger partial charge >= 0.3 is 0 Å². The molecule has 0 saturated heterocycles. The Kier molecular flexibility index (Phi) is 5.27. The molecular formula is C21H17F2NO2. The fraction of sp³-hybridized carbons (Fsp3) is 0.0952. The zero-order chi connectivity index (χ0) is 18.5. The molecule has 0 aliphatic rings. The highest BCUT2D eigenvalue weighted by atomic mass is 19.2. The van der Waals surface area contributed by atoms with Gasteiger partial charge in [-0.25, -0.2) is 8.78 Å². The van der Waals surface area contributed by atoms with Crippen molar-refractivity contribution in [2.75, 3.05) is 11.9 Å². The summed E-state index contributed by atoms with van der Waals surface area (Å²) in [5, 5.41) is 0. The number of amides is 1. The number of nitrogens with zero attached hydrogens (tertiary/aromatic N) is 1. The van der Waals surface area contributed by atoms with Gasteiger partial charge in [-0.1, -0.05) is 36.4 Å². The molecule has 1 amide bonds. The Labute approximate surface area is 150 Å². The lowest BCUT2D eigenvalue weighted by Crippen LogP contribution is -2.27. The van der Waals surface area contributed by atoms with Gasteiger partial charge in [-0.2, -0.15) is 0 Å². The molecule has 0 bridgehead atoms. The van der Waals surface area contributed by atoms with Crippen LogP contribution in [0.2, 0.25) is 0 Å². The zero-order valence-corrected chi connectivity index (χ0v) is 14.2. The van der Waals surface area contributed by atoms with Gasteiger partial charge in [-0.15, -0.1) is 0 Å². The predicted octanol–water partition coefficient (Wildman–Crippen LogP) is 4.82. The zero-order valence-electron chi connectivity index (χ0n) is 14.2. The van der Waals surface area contributed by atoms with Gasteiger partial charge in [0.05, 0.1) is 0 Å². The molecule has 0 aromatic heterocycles. The van der Waals surface area contributed by atoms with Crippen LogP contribution in [0.1, 0.15) is 15.9 Å². The van der Waals surface area contributed by atoms with Crippen LogP contribution in [0, 0.1) is 11.6 Å². The fourth-order valence-electron chi connectivity index (χ4n) is 2.52. The van der Waals surface area contributed by atoms with Crippen LogP contribution >= 0.6 is 0 Å². The van der Waals surface area contributed by atoms with E-state index in [4.69, 9.17) is 4.74 Å². The Balaban J connectivity index is 1.81. The molecule has 5 heteroatoms. The van der Waals surface area contributed by atoms with Gasteiger partial charge in [0.1, 0.15) is 12.4 Å². The van der Waals surface area contributed by atoms with Crippen LogP contribution in [0.25, 0.3) is 0 Å². The van der Waals surface area contributed by atoms with Gasteiger partial charge in [0, 0.05) is 29.9 Å². The Morgan fingerprint density at radius 1 is 0.923 bits per heavy atom. The highest BCUT2D eigenvalue weighted by Gasteiger charge is 2.18. The topological polar surface area (TPSA) is 29.5 Å². The second kappa shape index (κ2) is 7.78. The SMILES string of the molecule is CN(C(=O)c1ccccc1COc1ccccc1)c1ccc(F)c(F)c1. The van der Waals surface area contributed by atoms with Gasteiger partial charge in [0.15, 0.2) is 11.6 Å². The minimum Gasteiger partial charge on any atom is -0.489 e. The van der Waals surface area contributed by atoms with Crippen molar-refractivity contribution in [1.29, 1.82) is 0 Å². The van der Waals surface area contributed by atoms with E-state index in [-0.39, 0.29) is 18.2 Å². The second-order valence-corrected chi connectivity index (χ2v) is 5.72. The standard InChI is InChI=1S/C21H17F2NO2/c1-24(16-11-12-19(22)20(23)13-16)21(25)18-10-6-5-7-15(18)14-26-17-8-3-2-4-9-17/h2-13H,14H2,1H3. The van der Waals surface area contributed by atoms with E-state index in [0.29, 0.717) is 16.9 Å². The Bertz CT molecular complexity index is 913. The molecule has 0 spiro atoms. The minimum atomic E-state index is -0.997. The van der Waals surface area contributed by atoms with E-state index in [1.54, 1.807) is 18.2 Å². The van der Waals surface area contributed by atoms with Crippen molar-refractivity contribution in [2.24, 2.45) is 0 Å². The molecule has 3 aromatic rings. The van der Waals surface area contributed by atoms with Gasteiger partial charge in [-0.05, 0) is 30.3 Å². The second-order valence-electron chi connectivity index (χ2n) is 5.72. The molecule has 3 rings (SSSR count). The van der Waals surface area contributed by atoms with Crippen LogP contribution in [0.4, 0.5) is 14.5 Å². The van der Waals surface area contributed by atoms with Crippen molar-refractivity contribution in [3.05, 3.63) is 95.6 Å². The molecule has 3 nitrogen and oxygen atoms in total. The number of halogens is 2. The molecular weight excluding hydrogens is 336 g/mol. The van der Waals surface area contributed by atoms with Crippen molar-refractivity contribution in [3.63, 3.8) is 0 Å².